The largest absolute Gasteiger partial charge is 0.390 e. The molecule has 0 amide bonds. The van der Waals surface area contributed by atoms with Crippen LogP contribution in [0, 0.1) is 0 Å². The third-order valence-electron chi connectivity index (χ3n) is 6.51. The van der Waals surface area contributed by atoms with Crippen LogP contribution in [0.25, 0.3) is 17.1 Å². The molecule has 1 aliphatic carbocycles. The molecule has 0 spiro atoms. The van der Waals surface area contributed by atoms with Crippen molar-refractivity contribution in [3.63, 3.8) is 0 Å². The lowest BCUT2D eigenvalue weighted by Crippen LogP contribution is -2.36. The normalized spacial score (nSPS) is 19.5. The van der Waals surface area contributed by atoms with Gasteiger partial charge in [0.15, 0.2) is 5.82 Å². The minimum absolute atomic E-state index is 0.0554. The zero-order valence-electron chi connectivity index (χ0n) is 21.0. The second kappa shape index (κ2) is 11.0. The lowest BCUT2D eigenvalue weighted by Gasteiger charge is -2.34. The van der Waals surface area contributed by atoms with Gasteiger partial charge in [-0.25, -0.2) is 37.2 Å². The smallest absolute Gasteiger partial charge is 0.282 e. The molecule has 1 aliphatic rings. The van der Waals surface area contributed by atoms with E-state index in [9.17, 15) is 22.7 Å². The molecular formula is C25H27F4N9O. The van der Waals surface area contributed by atoms with E-state index in [0.717, 1.165) is 17.5 Å². The first kappa shape index (κ1) is 26.5. The van der Waals surface area contributed by atoms with Crippen molar-refractivity contribution in [1.82, 2.24) is 34.5 Å². The molecule has 1 saturated carbocycles. The topological polar surface area (TPSA) is 119 Å². The molecule has 4 aromatic rings. The molecule has 39 heavy (non-hydrogen) atoms. The fraction of sp³-hybridized carbons (Fsp3) is 0.400. The van der Waals surface area contributed by atoms with Crippen molar-refractivity contribution < 1.29 is 22.7 Å². The zero-order chi connectivity index (χ0) is 27.6. The summed E-state index contributed by atoms with van der Waals surface area (Å²) in [6, 6.07) is 4.67. The monoisotopic (exact) mass is 545 g/mol. The van der Waals surface area contributed by atoms with Gasteiger partial charge < -0.3 is 15.7 Å². The molecule has 0 aliphatic heterocycles. The van der Waals surface area contributed by atoms with Gasteiger partial charge >= 0.3 is 0 Å². The summed E-state index contributed by atoms with van der Waals surface area (Å²) in [7, 11) is 0. The predicted octanol–water partition coefficient (Wildman–Crippen LogP) is 4.97. The number of anilines is 3. The van der Waals surface area contributed by atoms with Crippen molar-refractivity contribution in [1.29, 1.82) is 0 Å². The zero-order valence-corrected chi connectivity index (χ0v) is 21.0. The van der Waals surface area contributed by atoms with Gasteiger partial charge in [0.05, 0.1) is 29.2 Å². The van der Waals surface area contributed by atoms with E-state index >= 15 is 0 Å². The molecule has 14 heteroatoms. The molecule has 4 aromatic heterocycles. The number of pyridine rings is 1. The van der Waals surface area contributed by atoms with Crippen LogP contribution in [-0.2, 0) is 6.54 Å². The highest BCUT2D eigenvalue weighted by molar-refractivity contribution is 5.68. The summed E-state index contributed by atoms with van der Waals surface area (Å²) in [5.74, 6) is 1.12. The SMILES string of the molecule is CC1(O)CCC(Nc2cc(Nc3ccnc(-c4cnn(CC(F)F)c4)n3)ncc2-n2ccc(C(F)F)n2)CC1. The number of halogens is 4. The van der Waals surface area contributed by atoms with E-state index in [1.807, 2.05) is 6.92 Å². The average Bonchev–Trinajstić information content (AvgIpc) is 3.56. The van der Waals surface area contributed by atoms with Crippen LogP contribution in [0.3, 0.4) is 0 Å². The molecule has 0 unspecified atom stereocenters. The summed E-state index contributed by atoms with van der Waals surface area (Å²) in [5, 5.41) is 24.8. The summed E-state index contributed by atoms with van der Waals surface area (Å²) >= 11 is 0. The quantitative estimate of drug-likeness (QED) is 0.252. The van der Waals surface area contributed by atoms with E-state index in [1.54, 1.807) is 12.1 Å². The number of hydrogen-bond acceptors (Lipinski definition) is 8. The van der Waals surface area contributed by atoms with Gasteiger partial charge in [0.1, 0.15) is 29.6 Å². The summed E-state index contributed by atoms with van der Waals surface area (Å²) < 4.78 is 54.1. The number of nitrogens with zero attached hydrogens (tertiary/aromatic N) is 7. The molecule has 0 atom stereocenters. The summed E-state index contributed by atoms with van der Waals surface area (Å²) in [6.07, 6.45) is 4.83. The van der Waals surface area contributed by atoms with Crippen LogP contribution in [0.2, 0.25) is 0 Å². The Labute approximate surface area is 221 Å². The molecule has 0 radical (unpaired) electrons. The van der Waals surface area contributed by atoms with Crippen molar-refractivity contribution in [2.24, 2.45) is 0 Å². The summed E-state index contributed by atoms with van der Waals surface area (Å²) in [4.78, 5) is 13.1. The van der Waals surface area contributed by atoms with E-state index in [4.69, 9.17) is 0 Å². The minimum atomic E-state index is -2.70. The van der Waals surface area contributed by atoms with Crippen LogP contribution in [0.1, 0.15) is 44.7 Å². The van der Waals surface area contributed by atoms with Crippen molar-refractivity contribution in [3.8, 4) is 17.1 Å². The van der Waals surface area contributed by atoms with E-state index in [0.29, 0.717) is 47.2 Å². The number of nitrogens with one attached hydrogen (secondary N) is 2. The molecule has 1 fully saturated rings. The Morgan fingerprint density at radius 3 is 2.62 bits per heavy atom. The first-order chi connectivity index (χ1) is 18.6. The van der Waals surface area contributed by atoms with Gasteiger partial charge in [-0.2, -0.15) is 10.2 Å². The van der Waals surface area contributed by atoms with E-state index in [-0.39, 0.29) is 11.7 Å². The molecule has 0 aromatic carbocycles. The van der Waals surface area contributed by atoms with Crippen LogP contribution in [0.5, 0.6) is 0 Å². The molecule has 0 bridgehead atoms. The minimum Gasteiger partial charge on any atom is -0.390 e. The van der Waals surface area contributed by atoms with E-state index < -0.39 is 25.0 Å². The van der Waals surface area contributed by atoms with Gasteiger partial charge in [-0.3, -0.25) is 4.68 Å². The fourth-order valence-electron chi connectivity index (χ4n) is 4.43. The van der Waals surface area contributed by atoms with Crippen molar-refractivity contribution in [3.05, 3.63) is 54.9 Å². The highest BCUT2D eigenvalue weighted by atomic mass is 19.3. The van der Waals surface area contributed by atoms with Crippen molar-refractivity contribution >= 4 is 17.3 Å². The lowest BCUT2D eigenvalue weighted by molar-refractivity contribution is 0.0196. The van der Waals surface area contributed by atoms with Crippen molar-refractivity contribution in [2.75, 3.05) is 10.6 Å². The van der Waals surface area contributed by atoms with Crippen LogP contribution in [0.4, 0.5) is 34.9 Å². The highest BCUT2D eigenvalue weighted by Crippen LogP contribution is 2.32. The maximum Gasteiger partial charge on any atom is 0.282 e. The molecular weight excluding hydrogens is 518 g/mol. The van der Waals surface area contributed by atoms with Gasteiger partial charge in [-0.05, 0) is 44.7 Å². The van der Waals surface area contributed by atoms with Crippen LogP contribution in [-0.4, -0.2) is 57.7 Å². The first-order valence-electron chi connectivity index (χ1n) is 12.4. The fourth-order valence-corrected chi connectivity index (χ4v) is 4.43. The second-order valence-electron chi connectivity index (χ2n) is 9.72. The highest BCUT2D eigenvalue weighted by Gasteiger charge is 2.29. The Morgan fingerprint density at radius 1 is 1.10 bits per heavy atom. The van der Waals surface area contributed by atoms with Gasteiger partial charge in [-0.1, -0.05) is 0 Å². The average molecular weight is 546 g/mol. The third kappa shape index (κ3) is 6.50. The predicted molar refractivity (Wildman–Crippen MR) is 135 cm³/mol. The van der Waals surface area contributed by atoms with E-state index in [1.165, 1.54) is 41.7 Å². The second-order valence-corrected chi connectivity index (χ2v) is 9.72. The molecule has 4 heterocycles. The Morgan fingerprint density at radius 2 is 1.90 bits per heavy atom. The van der Waals surface area contributed by atoms with Gasteiger partial charge in [0, 0.05) is 30.7 Å². The first-order valence-corrected chi connectivity index (χ1v) is 12.4. The van der Waals surface area contributed by atoms with Crippen LogP contribution >= 0.6 is 0 Å². The maximum absolute atomic E-state index is 13.2. The Hall–Kier alpha value is -4.07. The van der Waals surface area contributed by atoms with Crippen molar-refractivity contribution in [2.45, 2.75) is 63.6 Å². The van der Waals surface area contributed by atoms with Gasteiger partial charge in [-0.15, -0.1) is 0 Å². The third-order valence-corrected chi connectivity index (χ3v) is 6.51. The Balaban J connectivity index is 1.40. The Bertz CT molecular complexity index is 1410. The molecule has 3 N–H and O–H groups in total. The molecule has 10 nitrogen and oxygen atoms in total. The Kier molecular flexibility index (Phi) is 7.46. The number of alkyl halides is 4. The number of hydrogen-bond donors (Lipinski definition) is 3. The van der Waals surface area contributed by atoms with Gasteiger partial charge in [0.25, 0.3) is 12.9 Å². The summed E-state index contributed by atoms with van der Waals surface area (Å²) in [5.41, 5.74) is 0.528. The molecule has 0 saturated heterocycles. The number of rotatable bonds is 9. The standard InChI is InChI=1S/C25H27F4N9O/c1-25(39)6-2-16(3-7-25)33-18-10-22(31-12-19(18)38-9-5-17(36-38)23(28)29)34-21-4-8-30-24(35-21)15-11-32-37(13-15)14-20(26)27/h4-5,8-13,16,20,23,39H,2-3,6-7,14H2,1H3,(H2,30,31,33,34,35). The number of aromatic nitrogens is 7. The van der Waals surface area contributed by atoms with E-state index in [2.05, 4.69) is 35.8 Å². The molecule has 206 valence electrons. The lowest BCUT2D eigenvalue weighted by atomic mass is 9.83. The summed E-state index contributed by atoms with van der Waals surface area (Å²) in [6.45, 7) is 1.29. The van der Waals surface area contributed by atoms with Gasteiger partial charge in [0.2, 0.25) is 0 Å². The van der Waals surface area contributed by atoms with Crippen LogP contribution in [0.15, 0.2) is 49.2 Å². The number of aliphatic hydroxyl groups is 1. The maximum atomic E-state index is 13.2. The molecule has 5 rings (SSSR count). The van der Waals surface area contributed by atoms with Crippen LogP contribution < -0.4 is 10.6 Å².